The van der Waals surface area contributed by atoms with Gasteiger partial charge in [-0.25, -0.2) is 8.42 Å². The van der Waals surface area contributed by atoms with Crippen LogP contribution < -0.4 is 10.2 Å². The predicted octanol–water partition coefficient (Wildman–Crippen LogP) is 2.33. The van der Waals surface area contributed by atoms with Crippen molar-refractivity contribution in [3.05, 3.63) is 64.7 Å². The largest absolute Gasteiger partial charge is 0.350 e. The molecule has 7 nitrogen and oxygen atoms in total. The smallest absolute Gasteiger partial charge is 0.247 e. The molecule has 160 valence electrons. The third-order valence-electron chi connectivity index (χ3n) is 5.14. The van der Waals surface area contributed by atoms with Crippen LogP contribution in [0, 0.1) is 6.92 Å². The molecule has 0 bridgehead atoms. The maximum absolute atomic E-state index is 13.3. The lowest BCUT2D eigenvalue weighted by Crippen LogP contribution is -2.70. The summed E-state index contributed by atoms with van der Waals surface area (Å²) in [4.78, 5) is 27.6. The number of hydrogen-bond acceptors (Lipinski definition) is 4. The van der Waals surface area contributed by atoms with E-state index in [0.717, 1.165) is 21.7 Å². The Balaban J connectivity index is 1.95. The van der Waals surface area contributed by atoms with Crippen molar-refractivity contribution in [3.63, 3.8) is 0 Å². The van der Waals surface area contributed by atoms with Gasteiger partial charge in [0.15, 0.2) is 0 Å². The Morgan fingerprint density at radius 2 is 1.87 bits per heavy atom. The summed E-state index contributed by atoms with van der Waals surface area (Å²) in [5.74, 6) is -0.952. The Kier molecular flexibility index (Phi) is 6.21. The lowest BCUT2D eigenvalue weighted by Gasteiger charge is -2.46. The summed E-state index contributed by atoms with van der Waals surface area (Å²) in [5.41, 5.74) is 0.988. The van der Waals surface area contributed by atoms with Crippen LogP contribution in [0.5, 0.6) is 0 Å². The number of rotatable bonds is 5. The highest BCUT2D eigenvalue weighted by Crippen LogP contribution is 2.32. The molecular weight excluding hydrogens is 426 g/mol. The number of anilines is 1. The molecule has 1 aliphatic rings. The first-order chi connectivity index (χ1) is 14.0. The lowest BCUT2D eigenvalue weighted by molar-refractivity contribution is -0.133. The molecule has 1 saturated heterocycles. The van der Waals surface area contributed by atoms with Gasteiger partial charge in [0, 0.05) is 23.8 Å². The second-order valence-corrected chi connectivity index (χ2v) is 10.1. The molecule has 1 heterocycles. The molecule has 0 saturated carbocycles. The zero-order valence-corrected chi connectivity index (χ0v) is 18.6. The van der Waals surface area contributed by atoms with Crippen LogP contribution in [0.3, 0.4) is 0 Å². The summed E-state index contributed by atoms with van der Waals surface area (Å²) < 4.78 is 25.3. The third kappa shape index (κ3) is 4.66. The minimum atomic E-state index is -3.67. The van der Waals surface area contributed by atoms with Gasteiger partial charge >= 0.3 is 0 Å². The summed E-state index contributed by atoms with van der Waals surface area (Å²) in [6, 6.07) is 14.3. The Labute approximate surface area is 181 Å². The van der Waals surface area contributed by atoms with Crippen LogP contribution in [0.1, 0.15) is 18.1 Å². The van der Waals surface area contributed by atoms with Crippen LogP contribution in [-0.2, 0) is 26.2 Å². The van der Waals surface area contributed by atoms with Crippen LogP contribution in [0.25, 0.3) is 0 Å². The van der Waals surface area contributed by atoms with Gasteiger partial charge in [-0.05, 0) is 37.6 Å². The standard InChI is InChI=1S/C21H24ClN3O4S/c1-15-7-9-16(10-8-15)12-23-20(27)21(2)14-24(30(3,28)29)13-19(26)25(21)18-6-4-5-17(22)11-18/h4-11H,12-14H2,1-3H3,(H,23,27). The van der Waals surface area contributed by atoms with Crippen molar-refractivity contribution < 1.29 is 18.0 Å². The van der Waals surface area contributed by atoms with E-state index in [-0.39, 0.29) is 19.6 Å². The summed E-state index contributed by atoms with van der Waals surface area (Å²) in [5, 5.41) is 3.26. The van der Waals surface area contributed by atoms with Gasteiger partial charge in [-0.3, -0.25) is 14.5 Å². The molecule has 2 aromatic carbocycles. The number of nitrogens with zero attached hydrogens (tertiary/aromatic N) is 2. The molecule has 9 heteroatoms. The van der Waals surface area contributed by atoms with E-state index in [1.807, 2.05) is 31.2 Å². The van der Waals surface area contributed by atoms with Crippen molar-refractivity contribution in [3.8, 4) is 0 Å². The Hall–Kier alpha value is -2.42. The van der Waals surface area contributed by atoms with Crippen LogP contribution in [0.15, 0.2) is 48.5 Å². The molecular formula is C21H24ClN3O4S. The molecule has 0 radical (unpaired) electrons. The number of halogens is 1. The van der Waals surface area contributed by atoms with E-state index in [2.05, 4.69) is 5.32 Å². The molecule has 1 atom stereocenters. The lowest BCUT2D eigenvalue weighted by atomic mass is 9.94. The molecule has 0 spiro atoms. The third-order valence-corrected chi connectivity index (χ3v) is 6.57. The van der Waals surface area contributed by atoms with E-state index in [1.54, 1.807) is 31.2 Å². The SMILES string of the molecule is Cc1ccc(CNC(=O)C2(C)CN(S(C)(=O)=O)CC(=O)N2c2cccc(Cl)c2)cc1. The topological polar surface area (TPSA) is 86.8 Å². The maximum atomic E-state index is 13.3. The van der Waals surface area contributed by atoms with Gasteiger partial charge in [-0.2, -0.15) is 4.31 Å². The highest BCUT2D eigenvalue weighted by molar-refractivity contribution is 7.88. The molecule has 30 heavy (non-hydrogen) atoms. The average Bonchev–Trinajstić information content (AvgIpc) is 2.66. The number of piperazine rings is 1. The van der Waals surface area contributed by atoms with E-state index in [4.69, 9.17) is 11.6 Å². The first-order valence-electron chi connectivity index (χ1n) is 9.38. The zero-order chi connectivity index (χ0) is 22.1. The fourth-order valence-corrected chi connectivity index (χ4v) is 4.51. The molecule has 1 N–H and O–H groups in total. The molecule has 3 rings (SSSR count). The number of carbonyl (C=O) groups excluding carboxylic acids is 2. The van der Waals surface area contributed by atoms with Crippen molar-refractivity contribution in [1.82, 2.24) is 9.62 Å². The number of nitrogens with one attached hydrogen (secondary N) is 1. The highest BCUT2D eigenvalue weighted by Gasteiger charge is 2.50. The Bertz CT molecular complexity index is 1070. The van der Waals surface area contributed by atoms with E-state index in [0.29, 0.717) is 10.7 Å². The zero-order valence-electron chi connectivity index (χ0n) is 17.1. The molecule has 1 unspecified atom stereocenters. The van der Waals surface area contributed by atoms with Gasteiger partial charge in [-0.1, -0.05) is 47.5 Å². The first kappa shape index (κ1) is 22.3. The first-order valence-corrected chi connectivity index (χ1v) is 11.6. The van der Waals surface area contributed by atoms with Crippen LogP contribution in [-0.4, -0.2) is 49.4 Å². The maximum Gasteiger partial charge on any atom is 0.247 e. The van der Waals surface area contributed by atoms with Crippen molar-refractivity contribution in [2.24, 2.45) is 0 Å². The fraction of sp³-hybridized carbons (Fsp3) is 0.333. The van der Waals surface area contributed by atoms with Gasteiger partial charge in [0.05, 0.1) is 12.8 Å². The summed E-state index contributed by atoms with van der Waals surface area (Å²) in [6.45, 7) is 3.29. The molecule has 2 amide bonds. The van der Waals surface area contributed by atoms with E-state index in [1.165, 1.54) is 4.90 Å². The number of aryl methyl sites for hydroxylation is 1. The van der Waals surface area contributed by atoms with Crippen molar-refractivity contribution in [2.45, 2.75) is 25.9 Å². The second kappa shape index (κ2) is 8.37. The number of benzene rings is 2. The van der Waals surface area contributed by atoms with Crippen molar-refractivity contribution in [1.29, 1.82) is 0 Å². The molecule has 0 aliphatic carbocycles. The highest BCUT2D eigenvalue weighted by atomic mass is 35.5. The minimum absolute atomic E-state index is 0.163. The van der Waals surface area contributed by atoms with Gasteiger partial charge in [0.1, 0.15) is 5.54 Å². The van der Waals surface area contributed by atoms with E-state index >= 15 is 0 Å². The van der Waals surface area contributed by atoms with Crippen molar-refractivity contribution in [2.75, 3.05) is 24.2 Å². The Morgan fingerprint density at radius 1 is 1.20 bits per heavy atom. The number of amides is 2. The average molecular weight is 450 g/mol. The minimum Gasteiger partial charge on any atom is -0.350 e. The van der Waals surface area contributed by atoms with Gasteiger partial charge < -0.3 is 5.32 Å². The van der Waals surface area contributed by atoms with Crippen molar-refractivity contribution >= 4 is 39.1 Å². The van der Waals surface area contributed by atoms with E-state index < -0.39 is 27.4 Å². The number of sulfonamides is 1. The molecule has 0 aromatic heterocycles. The predicted molar refractivity (Wildman–Crippen MR) is 117 cm³/mol. The fourth-order valence-electron chi connectivity index (χ4n) is 3.50. The van der Waals surface area contributed by atoms with Crippen LogP contribution in [0.4, 0.5) is 5.69 Å². The second-order valence-electron chi connectivity index (χ2n) is 7.68. The Morgan fingerprint density at radius 3 is 2.47 bits per heavy atom. The molecule has 1 fully saturated rings. The summed E-state index contributed by atoms with van der Waals surface area (Å²) in [7, 11) is -3.67. The van der Waals surface area contributed by atoms with Crippen LogP contribution in [0.2, 0.25) is 5.02 Å². The van der Waals surface area contributed by atoms with Gasteiger partial charge in [-0.15, -0.1) is 0 Å². The quantitative estimate of drug-likeness (QED) is 0.759. The number of hydrogen-bond donors (Lipinski definition) is 1. The molecule has 2 aromatic rings. The normalized spacial score (nSPS) is 20.3. The number of carbonyl (C=O) groups is 2. The van der Waals surface area contributed by atoms with Gasteiger partial charge in [0.25, 0.3) is 0 Å². The van der Waals surface area contributed by atoms with E-state index in [9.17, 15) is 18.0 Å². The molecule has 1 aliphatic heterocycles. The van der Waals surface area contributed by atoms with Gasteiger partial charge in [0.2, 0.25) is 21.8 Å². The summed E-state index contributed by atoms with van der Waals surface area (Å²) in [6.07, 6.45) is 1.03. The summed E-state index contributed by atoms with van der Waals surface area (Å²) >= 11 is 6.09. The van der Waals surface area contributed by atoms with Crippen LogP contribution >= 0.6 is 11.6 Å². The monoisotopic (exact) mass is 449 g/mol.